The van der Waals surface area contributed by atoms with E-state index in [0.29, 0.717) is 0 Å². The molecule has 0 saturated heterocycles. The Balaban J connectivity index is 2.26. The number of rotatable bonds is 1. The van der Waals surface area contributed by atoms with Crippen molar-refractivity contribution in [3.8, 4) is 11.4 Å². The number of aromatic nitrogens is 2. The van der Waals surface area contributed by atoms with E-state index in [1.165, 1.54) is 11.1 Å². The Morgan fingerprint density at radius 1 is 1.06 bits per heavy atom. The zero-order valence-electron chi connectivity index (χ0n) is 10.5. The molecule has 0 radical (unpaired) electrons. The number of para-hydroxylation sites is 1. The highest BCUT2D eigenvalue weighted by Gasteiger charge is 2.09. The van der Waals surface area contributed by atoms with E-state index >= 15 is 0 Å². The van der Waals surface area contributed by atoms with Crippen LogP contribution < -0.4 is 5.73 Å². The molecule has 3 aromatic rings. The fraction of sp³-hybridized carbons (Fsp3) is 0.133. The standard InChI is InChI=1S/C15H15N3/c1-9-6-7-11(16)8-12(9)15-17-13-5-3-4-10(2)14(13)18-15/h3-8H,16H2,1-2H3,(H,17,18). The molecular weight excluding hydrogens is 222 g/mol. The highest BCUT2D eigenvalue weighted by atomic mass is 14.9. The van der Waals surface area contributed by atoms with Gasteiger partial charge in [0.2, 0.25) is 0 Å². The fourth-order valence-corrected chi connectivity index (χ4v) is 2.20. The molecule has 0 unspecified atom stereocenters. The van der Waals surface area contributed by atoms with Crippen LogP contribution >= 0.6 is 0 Å². The zero-order chi connectivity index (χ0) is 12.7. The van der Waals surface area contributed by atoms with Crippen LogP contribution in [0.3, 0.4) is 0 Å². The Morgan fingerprint density at radius 3 is 2.67 bits per heavy atom. The number of nitrogen functional groups attached to an aromatic ring is 1. The van der Waals surface area contributed by atoms with E-state index in [1.54, 1.807) is 0 Å². The van der Waals surface area contributed by atoms with Crippen molar-refractivity contribution in [2.24, 2.45) is 0 Å². The van der Waals surface area contributed by atoms with Crippen molar-refractivity contribution >= 4 is 16.7 Å². The van der Waals surface area contributed by atoms with E-state index in [2.05, 4.69) is 29.9 Å². The zero-order valence-corrected chi connectivity index (χ0v) is 10.5. The van der Waals surface area contributed by atoms with Crippen LogP contribution in [0.1, 0.15) is 11.1 Å². The van der Waals surface area contributed by atoms with Crippen LogP contribution in [0.4, 0.5) is 5.69 Å². The van der Waals surface area contributed by atoms with E-state index < -0.39 is 0 Å². The Hall–Kier alpha value is -2.29. The number of fused-ring (bicyclic) bond motifs is 1. The molecule has 18 heavy (non-hydrogen) atoms. The molecule has 0 spiro atoms. The molecule has 0 saturated carbocycles. The largest absolute Gasteiger partial charge is 0.399 e. The van der Waals surface area contributed by atoms with Crippen LogP contribution in [0.5, 0.6) is 0 Å². The van der Waals surface area contributed by atoms with Gasteiger partial charge in [0.15, 0.2) is 0 Å². The Labute approximate surface area is 106 Å². The third kappa shape index (κ3) is 1.64. The maximum Gasteiger partial charge on any atom is 0.138 e. The minimum Gasteiger partial charge on any atom is -0.399 e. The maximum absolute atomic E-state index is 5.85. The summed E-state index contributed by atoms with van der Waals surface area (Å²) in [5.74, 6) is 0.879. The van der Waals surface area contributed by atoms with Gasteiger partial charge in [0.05, 0.1) is 11.0 Å². The Bertz CT molecular complexity index is 726. The number of hydrogen-bond acceptors (Lipinski definition) is 2. The van der Waals surface area contributed by atoms with Crippen molar-refractivity contribution in [1.82, 2.24) is 9.97 Å². The Morgan fingerprint density at radius 2 is 1.89 bits per heavy atom. The first kappa shape index (κ1) is 10.8. The summed E-state index contributed by atoms with van der Waals surface area (Å²) in [6, 6.07) is 12.0. The van der Waals surface area contributed by atoms with E-state index in [1.807, 2.05) is 30.3 Å². The van der Waals surface area contributed by atoms with Crippen LogP contribution in [0, 0.1) is 13.8 Å². The molecule has 0 aliphatic rings. The summed E-state index contributed by atoms with van der Waals surface area (Å²) in [6.45, 7) is 4.13. The van der Waals surface area contributed by atoms with Gasteiger partial charge in [-0.3, -0.25) is 0 Å². The van der Waals surface area contributed by atoms with Gasteiger partial charge in [-0.2, -0.15) is 0 Å². The highest BCUT2D eigenvalue weighted by molar-refractivity contribution is 5.83. The van der Waals surface area contributed by atoms with Gasteiger partial charge in [0, 0.05) is 11.3 Å². The molecule has 1 heterocycles. The predicted octanol–water partition coefficient (Wildman–Crippen LogP) is 3.43. The van der Waals surface area contributed by atoms with Crippen LogP contribution in [0.2, 0.25) is 0 Å². The summed E-state index contributed by atoms with van der Waals surface area (Å²) >= 11 is 0. The lowest BCUT2D eigenvalue weighted by Crippen LogP contribution is -1.90. The summed E-state index contributed by atoms with van der Waals surface area (Å²) in [7, 11) is 0. The van der Waals surface area contributed by atoms with Crippen LogP contribution in [0.15, 0.2) is 36.4 Å². The first-order valence-corrected chi connectivity index (χ1v) is 5.97. The van der Waals surface area contributed by atoms with E-state index in [4.69, 9.17) is 5.73 Å². The summed E-state index contributed by atoms with van der Waals surface area (Å²) < 4.78 is 0. The topological polar surface area (TPSA) is 54.7 Å². The van der Waals surface area contributed by atoms with Crippen molar-refractivity contribution < 1.29 is 0 Å². The maximum atomic E-state index is 5.85. The summed E-state index contributed by atoms with van der Waals surface area (Å²) in [6.07, 6.45) is 0. The first-order valence-electron chi connectivity index (χ1n) is 5.97. The average molecular weight is 237 g/mol. The second kappa shape index (κ2) is 3.88. The van der Waals surface area contributed by atoms with Gasteiger partial charge in [-0.1, -0.05) is 18.2 Å². The quantitative estimate of drug-likeness (QED) is 0.637. The molecule has 0 atom stereocenters. The number of aryl methyl sites for hydroxylation is 2. The first-order chi connectivity index (χ1) is 8.65. The molecule has 0 bridgehead atoms. The lowest BCUT2D eigenvalue weighted by atomic mass is 10.1. The van der Waals surface area contributed by atoms with Crippen LogP contribution in [0.25, 0.3) is 22.4 Å². The van der Waals surface area contributed by atoms with Gasteiger partial charge in [0.1, 0.15) is 5.82 Å². The number of H-pyrrole nitrogens is 1. The van der Waals surface area contributed by atoms with E-state index in [9.17, 15) is 0 Å². The summed E-state index contributed by atoms with van der Waals surface area (Å²) in [4.78, 5) is 8.03. The van der Waals surface area contributed by atoms with Gasteiger partial charge < -0.3 is 10.7 Å². The minimum absolute atomic E-state index is 0.757. The number of nitrogens with one attached hydrogen (secondary N) is 1. The molecule has 0 fully saturated rings. The third-order valence-electron chi connectivity index (χ3n) is 3.23. The van der Waals surface area contributed by atoms with Crippen molar-refractivity contribution in [2.75, 3.05) is 5.73 Å². The minimum atomic E-state index is 0.757. The molecule has 3 rings (SSSR count). The van der Waals surface area contributed by atoms with Crippen molar-refractivity contribution in [1.29, 1.82) is 0 Å². The molecular formula is C15H15N3. The van der Waals surface area contributed by atoms with Crippen molar-refractivity contribution in [2.45, 2.75) is 13.8 Å². The van der Waals surface area contributed by atoms with Gasteiger partial charge in [-0.05, 0) is 43.2 Å². The predicted molar refractivity (Wildman–Crippen MR) is 75.4 cm³/mol. The average Bonchev–Trinajstić information content (AvgIpc) is 2.77. The molecule has 0 aliphatic heterocycles. The lowest BCUT2D eigenvalue weighted by molar-refractivity contribution is 1.30. The molecule has 1 aromatic heterocycles. The van der Waals surface area contributed by atoms with E-state index in [0.717, 1.165) is 28.1 Å². The molecule has 0 amide bonds. The fourth-order valence-electron chi connectivity index (χ4n) is 2.20. The molecule has 3 heteroatoms. The normalized spacial score (nSPS) is 11.0. The lowest BCUT2D eigenvalue weighted by Gasteiger charge is -2.03. The number of nitrogens with two attached hydrogens (primary N) is 1. The molecule has 3 N–H and O–H groups in total. The number of anilines is 1. The van der Waals surface area contributed by atoms with Gasteiger partial charge in [-0.15, -0.1) is 0 Å². The Kier molecular flexibility index (Phi) is 2.33. The van der Waals surface area contributed by atoms with Gasteiger partial charge in [-0.25, -0.2) is 4.98 Å². The smallest absolute Gasteiger partial charge is 0.138 e. The summed E-state index contributed by atoms with van der Waals surface area (Å²) in [5, 5.41) is 0. The molecule has 0 aliphatic carbocycles. The highest BCUT2D eigenvalue weighted by Crippen LogP contribution is 2.26. The number of benzene rings is 2. The van der Waals surface area contributed by atoms with Crippen LogP contribution in [-0.4, -0.2) is 9.97 Å². The second-order valence-corrected chi connectivity index (χ2v) is 4.63. The second-order valence-electron chi connectivity index (χ2n) is 4.63. The molecule has 3 nitrogen and oxygen atoms in total. The number of aromatic amines is 1. The molecule has 90 valence electrons. The monoisotopic (exact) mass is 237 g/mol. The third-order valence-corrected chi connectivity index (χ3v) is 3.23. The molecule has 2 aromatic carbocycles. The van der Waals surface area contributed by atoms with Gasteiger partial charge >= 0.3 is 0 Å². The number of nitrogens with zero attached hydrogens (tertiary/aromatic N) is 1. The SMILES string of the molecule is Cc1ccc(N)cc1-c1nc2c(C)cccc2[nH]1. The number of imidazole rings is 1. The number of hydrogen-bond donors (Lipinski definition) is 2. The van der Waals surface area contributed by atoms with Gasteiger partial charge in [0.25, 0.3) is 0 Å². The van der Waals surface area contributed by atoms with E-state index in [-0.39, 0.29) is 0 Å². The van der Waals surface area contributed by atoms with Crippen LogP contribution in [-0.2, 0) is 0 Å². The van der Waals surface area contributed by atoms with Crippen molar-refractivity contribution in [3.05, 3.63) is 47.5 Å². The summed E-state index contributed by atoms with van der Waals surface area (Å²) in [5.41, 5.74) is 12.1. The van der Waals surface area contributed by atoms with Crippen molar-refractivity contribution in [3.63, 3.8) is 0 Å².